The highest BCUT2D eigenvalue weighted by Gasteiger charge is 2.20. The van der Waals surface area contributed by atoms with Crippen LogP contribution in [0.2, 0.25) is 0 Å². The van der Waals surface area contributed by atoms with Crippen molar-refractivity contribution in [3.63, 3.8) is 0 Å². The minimum atomic E-state index is 0.259. The normalized spacial score (nSPS) is 13.2. The van der Waals surface area contributed by atoms with Crippen molar-refractivity contribution in [2.45, 2.75) is 85.2 Å². The quantitative estimate of drug-likeness (QED) is 0.779. The minimum absolute atomic E-state index is 0.259. The van der Waals surface area contributed by atoms with Gasteiger partial charge in [0, 0.05) is 11.7 Å². The number of aromatic nitrogens is 2. The predicted molar refractivity (Wildman–Crippen MR) is 82.6 cm³/mol. The minimum Gasteiger partial charge on any atom is -0.327 e. The number of nitrogens with two attached hydrogens (primary N) is 1. The summed E-state index contributed by atoms with van der Waals surface area (Å²) in [6.07, 6.45) is 6.36. The zero-order valence-corrected chi connectivity index (χ0v) is 13.4. The molecule has 1 aromatic heterocycles. The van der Waals surface area contributed by atoms with Crippen LogP contribution in [0.4, 0.5) is 0 Å². The summed E-state index contributed by atoms with van der Waals surface area (Å²) in [5.74, 6) is 0. The molecule has 2 N–H and O–H groups in total. The smallest absolute Gasteiger partial charge is 0.0657 e. The van der Waals surface area contributed by atoms with Gasteiger partial charge in [-0.15, -0.1) is 0 Å². The van der Waals surface area contributed by atoms with E-state index in [-0.39, 0.29) is 6.04 Å². The first-order valence-corrected chi connectivity index (χ1v) is 7.97. The number of aryl methyl sites for hydroxylation is 1. The van der Waals surface area contributed by atoms with Crippen molar-refractivity contribution in [1.82, 2.24) is 9.78 Å². The van der Waals surface area contributed by atoms with Crippen LogP contribution in [0.5, 0.6) is 0 Å². The number of nitrogens with zero attached hydrogens (tertiary/aromatic N) is 2. The Bertz CT molecular complexity index is 378. The number of hydrogen-bond acceptors (Lipinski definition) is 2. The van der Waals surface area contributed by atoms with Gasteiger partial charge in [0.05, 0.1) is 11.7 Å². The SMILES string of the molecule is CCc1nn(C(CC)CC)c(CC)c1CC(N)CC. The number of rotatable bonds is 8. The maximum atomic E-state index is 6.17. The topological polar surface area (TPSA) is 43.8 Å². The van der Waals surface area contributed by atoms with Gasteiger partial charge in [0.1, 0.15) is 0 Å². The van der Waals surface area contributed by atoms with Crippen molar-refractivity contribution >= 4 is 0 Å². The summed E-state index contributed by atoms with van der Waals surface area (Å²) in [7, 11) is 0. The van der Waals surface area contributed by atoms with E-state index in [1.165, 1.54) is 17.0 Å². The van der Waals surface area contributed by atoms with Crippen molar-refractivity contribution < 1.29 is 0 Å². The van der Waals surface area contributed by atoms with Gasteiger partial charge in [0.2, 0.25) is 0 Å². The molecule has 1 atom stereocenters. The second-order valence-electron chi connectivity index (χ2n) is 5.37. The van der Waals surface area contributed by atoms with Gasteiger partial charge in [-0.1, -0.05) is 34.6 Å². The Kier molecular flexibility index (Phi) is 6.56. The van der Waals surface area contributed by atoms with E-state index in [1.54, 1.807) is 0 Å². The molecular weight excluding hydrogens is 234 g/mol. The van der Waals surface area contributed by atoms with E-state index < -0.39 is 0 Å². The molecule has 1 heterocycles. The Balaban J connectivity index is 3.20. The van der Waals surface area contributed by atoms with E-state index in [9.17, 15) is 0 Å². The van der Waals surface area contributed by atoms with Crippen LogP contribution in [0.1, 0.15) is 76.9 Å². The molecule has 0 radical (unpaired) electrons. The standard InChI is InChI=1S/C16H31N3/c1-6-12(17)11-14-15(9-4)18-19(16(14)10-5)13(7-2)8-3/h12-13H,6-11,17H2,1-5H3. The summed E-state index contributed by atoms with van der Waals surface area (Å²) in [4.78, 5) is 0. The third-order valence-electron chi connectivity index (χ3n) is 4.15. The van der Waals surface area contributed by atoms with E-state index in [0.717, 1.165) is 38.5 Å². The van der Waals surface area contributed by atoms with Gasteiger partial charge >= 0.3 is 0 Å². The van der Waals surface area contributed by atoms with Crippen molar-refractivity contribution in [1.29, 1.82) is 0 Å². The third-order valence-corrected chi connectivity index (χ3v) is 4.15. The Morgan fingerprint density at radius 2 is 1.63 bits per heavy atom. The van der Waals surface area contributed by atoms with Crippen molar-refractivity contribution in [2.24, 2.45) is 5.73 Å². The molecule has 0 saturated carbocycles. The highest BCUT2D eigenvalue weighted by Crippen LogP contribution is 2.25. The largest absolute Gasteiger partial charge is 0.327 e. The van der Waals surface area contributed by atoms with Crippen LogP contribution in [-0.4, -0.2) is 15.8 Å². The summed E-state index contributed by atoms with van der Waals surface area (Å²) in [6, 6.07) is 0.793. The lowest BCUT2D eigenvalue weighted by Gasteiger charge is -2.17. The second kappa shape index (κ2) is 7.68. The lowest BCUT2D eigenvalue weighted by Crippen LogP contribution is -2.22. The fraction of sp³-hybridized carbons (Fsp3) is 0.812. The van der Waals surface area contributed by atoms with Crippen LogP contribution in [0.3, 0.4) is 0 Å². The van der Waals surface area contributed by atoms with E-state index in [2.05, 4.69) is 39.3 Å². The van der Waals surface area contributed by atoms with Gasteiger partial charge in [-0.2, -0.15) is 5.10 Å². The third kappa shape index (κ3) is 3.59. The molecule has 19 heavy (non-hydrogen) atoms. The fourth-order valence-corrected chi connectivity index (χ4v) is 2.79. The first kappa shape index (κ1) is 16.2. The first-order chi connectivity index (χ1) is 9.12. The second-order valence-corrected chi connectivity index (χ2v) is 5.37. The Labute approximate surface area is 118 Å². The molecule has 3 heteroatoms. The Morgan fingerprint density at radius 1 is 1.00 bits per heavy atom. The maximum absolute atomic E-state index is 6.17. The summed E-state index contributed by atoms with van der Waals surface area (Å²) in [6.45, 7) is 11.1. The van der Waals surface area contributed by atoms with Crippen LogP contribution >= 0.6 is 0 Å². The molecule has 0 bridgehead atoms. The van der Waals surface area contributed by atoms with Crippen LogP contribution in [0.15, 0.2) is 0 Å². The van der Waals surface area contributed by atoms with Gasteiger partial charge in [0.15, 0.2) is 0 Å². The first-order valence-electron chi connectivity index (χ1n) is 7.97. The van der Waals surface area contributed by atoms with E-state index in [4.69, 9.17) is 10.8 Å². The molecule has 1 unspecified atom stereocenters. The zero-order valence-electron chi connectivity index (χ0n) is 13.4. The molecule has 1 rings (SSSR count). The monoisotopic (exact) mass is 265 g/mol. The summed E-state index contributed by atoms with van der Waals surface area (Å²) in [5, 5.41) is 4.89. The zero-order chi connectivity index (χ0) is 14.4. The van der Waals surface area contributed by atoms with Crippen LogP contribution in [-0.2, 0) is 19.3 Å². The van der Waals surface area contributed by atoms with Gasteiger partial charge in [-0.25, -0.2) is 0 Å². The molecule has 3 nitrogen and oxygen atoms in total. The van der Waals surface area contributed by atoms with E-state index in [1.807, 2.05) is 0 Å². The molecule has 0 amide bonds. The molecule has 0 spiro atoms. The van der Waals surface area contributed by atoms with Gasteiger partial charge in [-0.3, -0.25) is 4.68 Å². The van der Waals surface area contributed by atoms with Gasteiger partial charge < -0.3 is 5.73 Å². The molecule has 0 aliphatic rings. The molecular formula is C16H31N3. The van der Waals surface area contributed by atoms with E-state index in [0.29, 0.717) is 6.04 Å². The van der Waals surface area contributed by atoms with Crippen LogP contribution in [0.25, 0.3) is 0 Å². The van der Waals surface area contributed by atoms with Gasteiger partial charge in [0.25, 0.3) is 0 Å². The lowest BCUT2D eigenvalue weighted by atomic mass is 9.99. The summed E-state index contributed by atoms with van der Waals surface area (Å²) < 4.78 is 2.29. The molecule has 0 aliphatic heterocycles. The van der Waals surface area contributed by atoms with Crippen molar-refractivity contribution in [3.05, 3.63) is 17.0 Å². The fourth-order valence-electron chi connectivity index (χ4n) is 2.79. The summed E-state index contributed by atoms with van der Waals surface area (Å²) in [5.41, 5.74) is 10.3. The average molecular weight is 265 g/mol. The van der Waals surface area contributed by atoms with Crippen LogP contribution < -0.4 is 5.73 Å². The Morgan fingerprint density at radius 3 is 2.05 bits per heavy atom. The lowest BCUT2D eigenvalue weighted by molar-refractivity contribution is 0.412. The molecule has 0 fully saturated rings. The number of hydrogen-bond donors (Lipinski definition) is 1. The Hall–Kier alpha value is -0.830. The molecule has 0 aromatic carbocycles. The maximum Gasteiger partial charge on any atom is 0.0657 e. The highest BCUT2D eigenvalue weighted by atomic mass is 15.3. The van der Waals surface area contributed by atoms with Crippen molar-refractivity contribution in [3.8, 4) is 0 Å². The van der Waals surface area contributed by atoms with E-state index >= 15 is 0 Å². The predicted octanol–water partition coefficient (Wildman–Crippen LogP) is 3.65. The summed E-state index contributed by atoms with van der Waals surface area (Å²) >= 11 is 0. The molecule has 0 saturated heterocycles. The molecule has 0 aliphatic carbocycles. The molecule has 1 aromatic rings. The highest BCUT2D eigenvalue weighted by molar-refractivity contribution is 5.28. The molecule has 110 valence electrons. The van der Waals surface area contributed by atoms with Gasteiger partial charge in [-0.05, 0) is 44.1 Å². The van der Waals surface area contributed by atoms with Crippen molar-refractivity contribution in [2.75, 3.05) is 0 Å². The van der Waals surface area contributed by atoms with Crippen LogP contribution in [0, 0.1) is 0 Å². The average Bonchev–Trinajstić information content (AvgIpc) is 2.77.